The molecular weight excluding hydrogens is 560 g/mol. The first-order chi connectivity index (χ1) is 16.7. The lowest BCUT2D eigenvalue weighted by Crippen LogP contribution is -2.35. The molecular formula is C23H18BrClN4O5S. The van der Waals surface area contributed by atoms with Crippen LogP contribution in [0.5, 0.6) is 11.6 Å². The number of hydrogen-bond acceptors (Lipinski definition) is 6. The maximum absolute atomic E-state index is 13.4. The number of H-pyrrole nitrogens is 1. The summed E-state index contributed by atoms with van der Waals surface area (Å²) in [7, 11) is -2.71. The number of anilines is 1. The lowest BCUT2D eigenvalue weighted by molar-refractivity contribution is -0.116. The number of fused-ring (bicyclic) bond motifs is 1. The standard InChI is InChI=1S/C23H18BrClN4O5S/c1-34-17-6-8-18(9-7-17)35(32,33)29(16-4-2-3-15(25)12-16)13-21(30)27-28-22-19-11-14(24)5-10-20(19)26-23(22)31/h2-12,26,31H,13H2,1H3. The number of methoxy groups -OCH3 is 1. The van der Waals surface area contributed by atoms with E-state index in [9.17, 15) is 18.3 Å². The van der Waals surface area contributed by atoms with E-state index >= 15 is 0 Å². The zero-order valence-electron chi connectivity index (χ0n) is 18.1. The van der Waals surface area contributed by atoms with E-state index in [-0.39, 0.29) is 22.2 Å². The van der Waals surface area contributed by atoms with Gasteiger partial charge in [0.05, 0.1) is 23.2 Å². The highest BCUT2D eigenvalue weighted by Crippen LogP contribution is 2.37. The molecule has 0 aliphatic carbocycles. The van der Waals surface area contributed by atoms with Gasteiger partial charge in [-0.2, -0.15) is 0 Å². The Morgan fingerprint density at radius 2 is 1.89 bits per heavy atom. The minimum Gasteiger partial charge on any atom is -0.497 e. The first-order valence-corrected chi connectivity index (χ1v) is 12.7. The Bertz CT molecular complexity index is 1540. The lowest BCUT2D eigenvalue weighted by atomic mass is 10.2. The molecule has 12 heteroatoms. The quantitative estimate of drug-likeness (QED) is 0.269. The van der Waals surface area contributed by atoms with Crippen LogP contribution in [0, 0.1) is 0 Å². The fourth-order valence-corrected chi connectivity index (χ4v) is 5.27. The van der Waals surface area contributed by atoms with E-state index in [2.05, 4.69) is 31.1 Å². The van der Waals surface area contributed by atoms with Crippen molar-refractivity contribution in [1.82, 2.24) is 4.98 Å². The molecule has 0 saturated carbocycles. The summed E-state index contributed by atoms with van der Waals surface area (Å²) in [6.07, 6.45) is 0. The average Bonchev–Trinajstić information content (AvgIpc) is 3.15. The fraction of sp³-hybridized carbons (Fsp3) is 0.0870. The molecule has 3 aromatic carbocycles. The Morgan fingerprint density at radius 1 is 1.14 bits per heavy atom. The minimum absolute atomic E-state index is 0.0536. The monoisotopic (exact) mass is 576 g/mol. The van der Waals surface area contributed by atoms with Crippen LogP contribution in [0.2, 0.25) is 5.02 Å². The second-order valence-corrected chi connectivity index (χ2v) is 10.5. The smallest absolute Gasteiger partial charge is 0.285 e. The van der Waals surface area contributed by atoms with Crippen LogP contribution in [-0.2, 0) is 14.8 Å². The predicted octanol–water partition coefficient (Wildman–Crippen LogP) is 5.80. The van der Waals surface area contributed by atoms with Gasteiger partial charge in [0.25, 0.3) is 15.9 Å². The molecule has 4 rings (SSSR count). The van der Waals surface area contributed by atoms with Gasteiger partial charge in [0.15, 0.2) is 5.69 Å². The minimum atomic E-state index is -4.18. The Kier molecular flexibility index (Phi) is 7.10. The molecule has 1 amide bonds. The van der Waals surface area contributed by atoms with Crippen molar-refractivity contribution in [2.75, 3.05) is 18.0 Å². The number of nitrogens with one attached hydrogen (secondary N) is 1. The predicted molar refractivity (Wildman–Crippen MR) is 136 cm³/mol. The number of nitrogens with zero attached hydrogens (tertiary/aromatic N) is 3. The van der Waals surface area contributed by atoms with Crippen molar-refractivity contribution < 1.29 is 23.1 Å². The Morgan fingerprint density at radius 3 is 2.57 bits per heavy atom. The molecule has 0 atom stereocenters. The van der Waals surface area contributed by atoms with Gasteiger partial charge in [-0.05, 0) is 60.7 Å². The summed E-state index contributed by atoms with van der Waals surface area (Å²) < 4.78 is 33.6. The van der Waals surface area contributed by atoms with Crippen LogP contribution >= 0.6 is 27.5 Å². The molecule has 4 aromatic rings. The van der Waals surface area contributed by atoms with Crippen molar-refractivity contribution in [3.63, 3.8) is 0 Å². The van der Waals surface area contributed by atoms with E-state index in [0.29, 0.717) is 21.7 Å². The Balaban J connectivity index is 1.68. The molecule has 1 aromatic heterocycles. The van der Waals surface area contributed by atoms with E-state index in [1.165, 1.54) is 43.5 Å². The lowest BCUT2D eigenvalue weighted by Gasteiger charge is -2.23. The van der Waals surface area contributed by atoms with Crippen LogP contribution in [0.4, 0.5) is 11.4 Å². The summed E-state index contributed by atoms with van der Waals surface area (Å²) in [5.74, 6) is -0.647. The maximum atomic E-state index is 13.4. The molecule has 35 heavy (non-hydrogen) atoms. The van der Waals surface area contributed by atoms with Gasteiger partial charge in [0.1, 0.15) is 12.3 Å². The van der Waals surface area contributed by atoms with Gasteiger partial charge in [0, 0.05) is 14.9 Å². The van der Waals surface area contributed by atoms with Gasteiger partial charge in [0.2, 0.25) is 5.88 Å². The van der Waals surface area contributed by atoms with Gasteiger partial charge in [-0.1, -0.05) is 33.6 Å². The molecule has 0 spiro atoms. The fourth-order valence-electron chi connectivity index (χ4n) is 3.32. The number of rotatable bonds is 7. The largest absolute Gasteiger partial charge is 0.497 e. The summed E-state index contributed by atoms with van der Waals surface area (Å²) >= 11 is 9.42. The topological polar surface area (TPSA) is 124 Å². The number of azo groups is 1. The van der Waals surface area contributed by atoms with Crippen molar-refractivity contribution in [1.29, 1.82) is 0 Å². The molecule has 0 radical (unpaired) electrons. The van der Waals surface area contributed by atoms with Gasteiger partial charge < -0.3 is 14.8 Å². The molecule has 0 saturated heterocycles. The van der Waals surface area contributed by atoms with Crippen molar-refractivity contribution >= 4 is 65.7 Å². The summed E-state index contributed by atoms with van der Waals surface area (Å²) in [5, 5.41) is 18.6. The van der Waals surface area contributed by atoms with Gasteiger partial charge in [-0.25, -0.2) is 8.42 Å². The molecule has 9 nitrogen and oxygen atoms in total. The molecule has 0 fully saturated rings. The summed E-state index contributed by atoms with van der Waals surface area (Å²) in [5.41, 5.74) is 0.826. The van der Waals surface area contributed by atoms with Crippen molar-refractivity contribution in [3.8, 4) is 11.6 Å². The number of benzene rings is 3. The van der Waals surface area contributed by atoms with E-state index in [4.69, 9.17) is 16.3 Å². The molecule has 2 N–H and O–H groups in total. The van der Waals surface area contributed by atoms with Crippen molar-refractivity contribution in [2.45, 2.75) is 4.90 Å². The third-order valence-corrected chi connectivity index (χ3v) is 7.51. The van der Waals surface area contributed by atoms with E-state index in [1.54, 1.807) is 30.3 Å². The molecule has 180 valence electrons. The van der Waals surface area contributed by atoms with Gasteiger partial charge >= 0.3 is 0 Å². The molecule has 0 unspecified atom stereocenters. The van der Waals surface area contributed by atoms with Crippen LogP contribution in [-0.4, -0.2) is 38.1 Å². The number of aromatic hydroxyl groups is 1. The second-order valence-electron chi connectivity index (χ2n) is 7.27. The molecule has 0 bridgehead atoms. The van der Waals surface area contributed by atoms with Gasteiger partial charge in [-0.15, -0.1) is 10.2 Å². The number of carbonyl (C=O) groups excluding carboxylic acids is 1. The first-order valence-electron chi connectivity index (χ1n) is 10.1. The molecule has 0 aliphatic rings. The number of hydrogen-bond donors (Lipinski definition) is 2. The number of halogens is 2. The number of aromatic nitrogens is 1. The highest BCUT2D eigenvalue weighted by Gasteiger charge is 2.27. The summed E-state index contributed by atoms with van der Waals surface area (Å²) in [6, 6.07) is 17.1. The van der Waals surface area contributed by atoms with Crippen LogP contribution in [0.15, 0.2) is 86.3 Å². The summed E-state index contributed by atoms with van der Waals surface area (Å²) in [4.78, 5) is 15.5. The van der Waals surface area contributed by atoms with Crippen LogP contribution in [0.25, 0.3) is 10.9 Å². The zero-order chi connectivity index (χ0) is 25.2. The van der Waals surface area contributed by atoms with E-state index in [0.717, 1.165) is 8.78 Å². The van der Waals surface area contributed by atoms with Crippen molar-refractivity contribution in [3.05, 3.63) is 76.2 Å². The number of amides is 1. The Hall–Kier alpha value is -3.41. The number of sulfonamides is 1. The molecule has 0 aliphatic heterocycles. The molecule has 1 heterocycles. The van der Waals surface area contributed by atoms with E-state index in [1.807, 2.05) is 0 Å². The van der Waals surface area contributed by atoms with E-state index < -0.39 is 22.5 Å². The number of ether oxygens (including phenoxy) is 1. The van der Waals surface area contributed by atoms with Gasteiger partial charge in [-0.3, -0.25) is 9.10 Å². The average molecular weight is 578 g/mol. The van der Waals surface area contributed by atoms with Crippen LogP contribution in [0.3, 0.4) is 0 Å². The van der Waals surface area contributed by atoms with Crippen LogP contribution < -0.4 is 9.04 Å². The normalized spacial score (nSPS) is 11.7. The Labute approximate surface area is 214 Å². The van der Waals surface area contributed by atoms with Crippen molar-refractivity contribution in [2.24, 2.45) is 10.2 Å². The highest BCUT2D eigenvalue weighted by molar-refractivity contribution is 9.10. The first kappa shape index (κ1) is 24.7. The van der Waals surface area contributed by atoms with Crippen LogP contribution in [0.1, 0.15) is 0 Å². The SMILES string of the molecule is COc1ccc(S(=O)(=O)N(CC(=O)N=Nc2c(O)[nH]c3ccc(Br)cc23)c2cccc(Cl)c2)cc1. The number of aromatic amines is 1. The third kappa shape index (κ3) is 5.31. The summed E-state index contributed by atoms with van der Waals surface area (Å²) in [6.45, 7) is -0.648. The third-order valence-electron chi connectivity index (χ3n) is 5.00. The zero-order valence-corrected chi connectivity index (χ0v) is 21.3. The maximum Gasteiger partial charge on any atom is 0.285 e. The number of carbonyl (C=O) groups is 1. The second kappa shape index (κ2) is 10.1. The highest BCUT2D eigenvalue weighted by atomic mass is 79.9.